The van der Waals surface area contributed by atoms with Crippen LogP contribution < -0.4 is 16.0 Å². The average Bonchev–Trinajstić information content (AvgIpc) is 3.34. The summed E-state index contributed by atoms with van der Waals surface area (Å²) in [5.41, 5.74) is 3.09. The van der Waals surface area contributed by atoms with Gasteiger partial charge in [-0.3, -0.25) is 9.80 Å². The summed E-state index contributed by atoms with van der Waals surface area (Å²) in [6.07, 6.45) is 8.84. The Morgan fingerprint density at radius 3 is 2.47 bits per heavy atom. The fourth-order valence-corrected chi connectivity index (χ4v) is 4.41. The van der Waals surface area contributed by atoms with Crippen molar-refractivity contribution in [3.63, 3.8) is 0 Å². The first kappa shape index (κ1) is 24.3. The maximum atomic E-state index is 13.3. The van der Waals surface area contributed by atoms with Gasteiger partial charge >= 0.3 is 0 Å². The van der Waals surface area contributed by atoms with Crippen LogP contribution >= 0.6 is 35.4 Å². The number of halogens is 2. The maximum absolute atomic E-state index is 13.3. The molecule has 1 saturated heterocycles. The number of nitrogens with one attached hydrogen (secondary N) is 3. The molecule has 1 aliphatic heterocycles. The van der Waals surface area contributed by atoms with Gasteiger partial charge in [0.05, 0.1) is 16.4 Å². The van der Waals surface area contributed by atoms with Crippen LogP contribution in [0.25, 0.3) is 0 Å². The second kappa shape index (κ2) is 11.5. The first-order valence-electron chi connectivity index (χ1n) is 11.1. The van der Waals surface area contributed by atoms with E-state index in [0.29, 0.717) is 22.2 Å². The third-order valence-corrected chi connectivity index (χ3v) is 6.22. The smallest absolute Gasteiger partial charge is 0.251 e. The molecular weight excluding hydrogens is 489 g/mol. The van der Waals surface area contributed by atoms with Gasteiger partial charge in [-0.05, 0) is 61.0 Å². The first-order chi connectivity index (χ1) is 16.5. The van der Waals surface area contributed by atoms with E-state index in [0.717, 1.165) is 30.1 Å². The third kappa shape index (κ3) is 6.59. The van der Waals surface area contributed by atoms with Crippen molar-refractivity contribution in [1.82, 2.24) is 15.6 Å². The number of hydrogen-bond acceptors (Lipinski definition) is 4. The Bertz CT molecular complexity index is 1140. The van der Waals surface area contributed by atoms with Crippen molar-refractivity contribution < 1.29 is 4.79 Å². The van der Waals surface area contributed by atoms with Crippen LogP contribution in [0.1, 0.15) is 30.9 Å². The minimum atomic E-state index is -0.707. The van der Waals surface area contributed by atoms with Gasteiger partial charge in [0.25, 0.3) is 5.91 Å². The molecule has 1 fully saturated rings. The lowest BCUT2D eigenvalue weighted by molar-refractivity contribution is -0.122. The van der Waals surface area contributed by atoms with Crippen molar-refractivity contribution in [3.05, 3.63) is 88.1 Å². The number of carbonyl (C=O) groups excluding carboxylic acids is 1. The van der Waals surface area contributed by atoms with E-state index in [9.17, 15) is 4.79 Å². The minimum absolute atomic E-state index is 0.228. The Labute approximate surface area is 214 Å². The highest BCUT2D eigenvalue weighted by atomic mass is 35.5. The van der Waals surface area contributed by atoms with Gasteiger partial charge in [-0.25, -0.2) is 0 Å². The summed E-state index contributed by atoms with van der Waals surface area (Å²) in [5.74, 6) is -0.228. The normalized spacial score (nSPS) is 17.3. The molecule has 2 aromatic carbocycles. The molecule has 1 heterocycles. The summed E-state index contributed by atoms with van der Waals surface area (Å²) < 4.78 is 0. The van der Waals surface area contributed by atoms with Gasteiger partial charge in [0.15, 0.2) is 5.11 Å². The number of nitrogens with zero attached hydrogens (tertiary/aromatic N) is 2. The van der Waals surface area contributed by atoms with Gasteiger partial charge < -0.3 is 16.0 Å². The number of carbonyl (C=O) groups is 1. The molecule has 6 nitrogen and oxygen atoms in total. The maximum Gasteiger partial charge on any atom is 0.251 e. The lowest BCUT2D eigenvalue weighted by atomic mass is 10.1. The largest absolute Gasteiger partial charge is 0.347 e. The molecule has 34 heavy (non-hydrogen) atoms. The fraction of sp³-hybridized carbons (Fsp3) is 0.240. The summed E-state index contributed by atoms with van der Waals surface area (Å²) in [5, 5.41) is 17.1. The minimum Gasteiger partial charge on any atom is -0.347 e. The van der Waals surface area contributed by atoms with Crippen LogP contribution in [-0.4, -0.2) is 34.8 Å². The second-order valence-electron chi connectivity index (χ2n) is 8.00. The monoisotopic (exact) mass is 513 g/mol. The Morgan fingerprint density at radius 1 is 1.03 bits per heavy atom. The lowest BCUT2D eigenvalue weighted by Gasteiger charge is -2.22. The zero-order chi connectivity index (χ0) is 23.9. The van der Waals surface area contributed by atoms with Gasteiger partial charge in [-0.2, -0.15) is 5.10 Å². The fourth-order valence-electron chi connectivity index (χ4n) is 3.73. The molecule has 2 aliphatic rings. The molecule has 3 N–H and O–H groups in total. The van der Waals surface area contributed by atoms with E-state index >= 15 is 0 Å². The highest BCUT2D eigenvalue weighted by molar-refractivity contribution is 7.80. The number of rotatable bonds is 6. The number of amides is 1. The van der Waals surface area contributed by atoms with E-state index in [2.05, 4.69) is 26.1 Å². The molecule has 4 rings (SSSR count). The van der Waals surface area contributed by atoms with Crippen LogP contribution in [-0.2, 0) is 4.79 Å². The van der Waals surface area contributed by atoms with Gasteiger partial charge in [-0.15, -0.1) is 0 Å². The Hall–Kier alpha value is -2.87. The van der Waals surface area contributed by atoms with Crippen molar-refractivity contribution >= 4 is 57.8 Å². The molecular formula is C25H25Cl2N5OS. The Kier molecular flexibility index (Phi) is 8.21. The molecule has 0 radical (unpaired) electrons. The van der Waals surface area contributed by atoms with Gasteiger partial charge in [-0.1, -0.05) is 59.6 Å². The molecule has 0 saturated carbocycles. The van der Waals surface area contributed by atoms with Gasteiger partial charge in [0, 0.05) is 30.2 Å². The molecule has 176 valence electrons. The third-order valence-electron chi connectivity index (χ3n) is 5.46. The molecule has 0 spiro atoms. The van der Waals surface area contributed by atoms with Crippen molar-refractivity contribution in [2.24, 2.45) is 5.10 Å². The second-order valence-corrected chi connectivity index (χ2v) is 9.26. The summed E-state index contributed by atoms with van der Waals surface area (Å²) in [4.78, 5) is 13.3. The number of hydrazone groups is 1. The molecule has 1 amide bonds. The predicted octanol–water partition coefficient (Wildman–Crippen LogP) is 5.43. The van der Waals surface area contributed by atoms with E-state index in [1.807, 2.05) is 48.6 Å². The molecule has 1 aliphatic carbocycles. The molecule has 2 aromatic rings. The number of thiocarbonyl (C=S) groups is 1. The molecule has 1 atom stereocenters. The highest BCUT2D eigenvalue weighted by Gasteiger charge is 2.23. The van der Waals surface area contributed by atoms with Crippen LogP contribution in [0.3, 0.4) is 0 Å². The predicted molar refractivity (Wildman–Crippen MR) is 143 cm³/mol. The van der Waals surface area contributed by atoms with Crippen LogP contribution in [0.4, 0.5) is 5.69 Å². The van der Waals surface area contributed by atoms with E-state index in [1.165, 1.54) is 12.8 Å². The first-order valence-corrected chi connectivity index (χ1v) is 12.2. The van der Waals surface area contributed by atoms with E-state index < -0.39 is 6.04 Å². The van der Waals surface area contributed by atoms with Crippen molar-refractivity contribution in [3.8, 4) is 0 Å². The van der Waals surface area contributed by atoms with Gasteiger partial charge in [0.1, 0.15) is 6.04 Å². The van der Waals surface area contributed by atoms with Gasteiger partial charge in [0.2, 0.25) is 0 Å². The topological polar surface area (TPSA) is 68.8 Å². The summed E-state index contributed by atoms with van der Waals surface area (Å²) in [6, 6.07) is 13.8. The van der Waals surface area contributed by atoms with Crippen LogP contribution in [0.15, 0.2) is 77.6 Å². The Morgan fingerprint density at radius 2 is 1.79 bits per heavy atom. The zero-order valence-electron chi connectivity index (χ0n) is 18.4. The number of benzene rings is 2. The average molecular weight is 514 g/mol. The van der Waals surface area contributed by atoms with Crippen molar-refractivity contribution in [1.29, 1.82) is 0 Å². The Balaban J connectivity index is 1.42. The van der Waals surface area contributed by atoms with E-state index in [4.69, 9.17) is 35.4 Å². The number of hydrogen-bond donors (Lipinski definition) is 3. The summed E-state index contributed by atoms with van der Waals surface area (Å²) in [7, 11) is 0. The van der Waals surface area contributed by atoms with Crippen molar-refractivity contribution in [2.45, 2.75) is 25.3 Å². The standard InChI is InChI=1S/C25H25Cl2N5OS/c26-18-8-13-22(21(27)16-18)29-25(34)30-23(17-6-2-1-3-7-17)24(33)28-19-9-11-20(12-10-19)31-32-14-4-5-15-32/h1-3,6-11,13,16,23H,4-5,12,14-15H2,(H,28,33)(H2,29,30,34)/t23-/m0/s1. The van der Waals surface area contributed by atoms with E-state index in [-0.39, 0.29) is 11.0 Å². The van der Waals surface area contributed by atoms with E-state index in [1.54, 1.807) is 18.2 Å². The number of allylic oxidation sites excluding steroid dienone is 3. The summed E-state index contributed by atoms with van der Waals surface area (Å²) >= 11 is 17.7. The van der Waals surface area contributed by atoms with Crippen molar-refractivity contribution in [2.75, 3.05) is 18.4 Å². The van der Waals surface area contributed by atoms with Crippen LogP contribution in [0.2, 0.25) is 10.0 Å². The molecule has 0 unspecified atom stereocenters. The molecule has 0 aromatic heterocycles. The van der Waals surface area contributed by atoms with Crippen LogP contribution in [0.5, 0.6) is 0 Å². The molecule has 9 heteroatoms. The van der Waals surface area contributed by atoms with Crippen LogP contribution in [0, 0.1) is 0 Å². The zero-order valence-corrected chi connectivity index (χ0v) is 20.8. The highest BCUT2D eigenvalue weighted by Crippen LogP contribution is 2.25. The molecule has 0 bridgehead atoms. The quantitative estimate of drug-likeness (QED) is 0.449. The lowest BCUT2D eigenvalue weighted by Crippen LogP contribution is -2.41. The number of anilines is 1. The SMILES string of the molecule is O=C(NC1=CCC(=NN2CCCC2)C=C1)[C@@H](NC(=S)Nc1ccc(Cl)cc1Cl)c1ccccc1. The summed E-state index contributed by atoms with van der Waals surface area (Å²) in [6.45, 7) is 2.01.